The van der Waals surface area contributed by atoms with E-state index in [1.165, 1.54) is 44.2 Å². The number of nitrogens with two attached hydrogens (primary N) is 1. The van der Waals surface area contributed by atoms with E-state index in [1.54, 1.807) is 0 Å². The number of anilines is 1. The number of nitrogen functional groups attached to an aromatic ring is 1. The largest absolute Gasteiger partial charge is 0.399 e. The summed E-state index contributed by atoms with van der Waals surface area (Å²) >= 11 is 0. The number of hydrogen-bond donors (Lipinski definition) is 1. The van der Waals surface area contributed by atoms with Gasteiger partial charge in [0.1, 0.15) is 0 Å². The average molecular weight is 230 g/mol. The van der Waals surface area contributed by atoms with Crippen LogP contribution >= 0.6 is 0 Å². The minimum absolute atomic E-state index is 0.858. The first-order valence-electron chi connectivity index (χ1n) is 6.90. The van der Waals surface area contributed by atoms with Gasteiger partial charge in [-0.25, -0.2) is 0 Å². The van der Waals surface area contributed by atoms with Crippen LogP contribution in [0.2, 0.25) is 0 Å². The molecule has 0 unspecified atom stereocenters. The lowest BCUT2D eigenvalue weighted by molar-refractivity contribution is 0.164. The molecule has 0 heterocycles. The van der Waals surface area contributed by atoms with Gasteiger partial charge < -0.3 is 5.73 Å². The van der Waals surface area contributed by atoms with Crippen LogP contribution in [0.25, 0.3) is 0 Å². The minimum Gasteiger partial charge on any atom is -0.399 e. The second-order valence-electron chi connectivity index (χ2n) is 5.70. The monoisotopic (exact) mass is 230 g/mol. The molecule has 0 aliphatic heterocycles. The van der Waals surface area contributed by atoms with Crippen molar-refractivity contribution in [2.45, 2.75) is 44.7 Å². The fourth-order valence-corrected chi connectivity index (χ4v) is 2.72. The second-order valence-corrected chi connectivity index (χ2v) is 5.70. The van der Waals surface area contributed by atoms with Gasteiger partial charge in [0, 0.05) is 24.8 Å². The van der Waals surface area contributed by atoms with E-state index in [0.29, 0.717) is 0 Å². The molecule has 17 heavy (non-hydrogen) atoms. The molecule has 2 heteroatoms. The lowest BCUT2D eigenvalue weighted by atomic mass is 9.85. The number of rotatable bonds is 5. The van der Waals surface area contributed by atoms with Crippen molar-refractivity contribution in [3.05, 3.63) is 29.8 Å². The van der Waals surface area contributed by atoms with E-state index < -0.39 is 0 Å². The first kappa shape index (κ1) is 11.1. The van der Waals surface area contributed by atoms with Crippen LogP contribution in [0.4, 0.5) is 5.69 Å². The Morgan fingerprint density at radius 3 is 2.59 bits per heavy atom. The molecular formula is C15H22N2. The van der Waals surface area contributed by atoms with Gasteiger partial charge in [-0.15, -0.1) is 0 Å². The van der Waals surface area contributed by atoms with Gasteiger partial charge in [-0.2, -0.15) is 0 Å². The third kappa shape index (κ3) is 2.81. The maximum absolute atomic E-state index is 5.85. The van der Waals surface area contributed by atoms with E-state index in [1.807, 2.05) is 6.07 Å². The molecular weight excluding hydrogens is 208 g/mol. The van der Waals surface area contributed by atoms with Crippen molar-refractivity contribution in [2.24, 2.45) is 5.92 Å². The van der Waals surface area contributed by atoms with Crippen LogP contribution in [0.5, 0.6) is 0 Å². The average Bonchev–Trinajstić information content (AvgIpc) is 3.05. The van der Waals surface area contributed by atoms with E-state index in [-0.39, 0.29) is 0 Å². The summed E-state index contributed by atoms with van der Waals surface area (Å²) in [6, 6.07) is 9.22. The zero-order chi connectivity index (χ0) is 11.7. The molecule has 92 valence electrons. The van der Waals surface area contributed by atoms with E-state index in [9.17, 15) is 0 Å². The third-order valence-corrected chi connectivity index (χ3v) is 4.12. The molecule has 0 bridgehead atoms. The van der Waals surface area contributed by atoms with Crippen molar-refractivity contribution in [1.29, 1.82) is 0 Å². The molecule has 0 radical (unpaired) electrons. The minimum atomic E-state index is 0.858. The van der Waals surface area contributed by atoms with Crippen LogP contribution in [-0.2, 0) is 6.54 Å². The van der Waals surface area contributed by atoms with Crippen LogP contribution in [-0.4, -0.2) is 17.5 Å². The normalized spacial score (nSPS) is 20.5. The van der Waals surface area contributed by atoms with Gasteiger partial charge in [-0.05, 0) is 49.3 Å². The zero-order valence-electron chi connectivity index (χ0n) is 10.4. The molecule has 2 fully saturated rings. The summed E-state index contributed by atoms with van der Waals surface area (Å²) in [5.41, 5.74) is 8.11. The molecule has 2 nitrogen and oxygen atoms in total. The Labute approximate surface area is 104 Å². The number of hydrogen-bond acceptors (Lipinski definition) is 2. The highest BCUT2D eigenvalue weighted by atomic mass is 15.2. The van der Waals surface area contributed by atoms with E-state index in [0.717, 1.165) is 24.2 Å². The van der Waals surface area contributed by atoms with Crippen molar-refractivity contribution < 1.29 is 0 Å². The highest BCUT2D eigenvalue weighted by Gasteiger charge is 2.31. The Bertz CT molecular complexity index is 380. The van der Waals surface area contributed by atoms with Gasteiger partial charge in [-0.3, -0.25) is 4.90 Å². The molecule has 3 rings (SSSR count). The van der Waals surface area contributed by atoms with Crippen LogP contribution in [0.3, 0.4) is 0 Å². The highest BCUT2D eigenvalue weighted by molar-refractivity contribution is 5.40. The maximum Gasteiger partial charge on any atom is 0.0317 e. The second kappa shape index (κ2) is 4.69. The summed E-state index contributed by atoms with van der Waals surface area (Å²) in [5.74, 6) is 0.969. The Morgan fingerprint density at radius 2 is 2.00 bits per heavy atom. The third-order valence-electron chi connectivity index (χ3n) is 4.12. The molecule has 0 saturated heterocycles. The lowest BCUT2D eigenvalue weighted by Gasteiger charge is -2.32. The van der Waals surface area contributed by atoms with Gasteiger partial charge in [0.25, 0.3) is 0 Å². The molecule has 1 aromatic carbocycles. The summed E-state index contributed by atoms with van der Waals surface area (Å²) < 4.78 is 0. The predicted octanol–water partition coefficient (Wildman–Crippen LogP) is 3.03. The Balaban J connectivity index is 1.62. The Kier molecular flexibility index (Phi) is 3.06. The summed E-state index contributed by atoms with van der Waals surface area (Å²) in [6.07, 6.45) is 7.13. The van der Waals surface area contributed by atoms with Crippen LogP contribution in [0, 0.1) is 5.92 Å². The summed E-state index contributed by atoms with van der Waals surface area (Å²) in [4.78, 5) is 2.68. The van der Waals surface area contributed by atoms with Gasteiger partial charge in [0.15, 0.2) is 0 Å². The molecule has 2 aliphatic carbocycles. The molecule has 2 N–H and O–H groups in total. The van der Waals surface area contributed by atoms with Crippen LogP contribution < -0.4 is 5.73 Å². The molecule has 0 spiro atoms. The molecule has 1 aromatic rings. The first-order chi connectivity index (χ1) is 8.31. The SMILES string of the molecule is Nc1cccc(CN(CC2CCC2)C2CC2)c1. The van der Waals surface area contributed by atoms with Crippen LogP contribution in [0.1, 0.15) is 37.7 Å². The van der Waals surface area contributed by atoms with Crippen LogP contribution in [0.15, 0.2) is 24.3 Å². The smallest absolute Gasteiger partial charge is 0.0317 e. The van der Waals surface area contributed by atoms with Gasteiger partial charge in [-0.1, -0.05) is 18.6 Å². The standard InChI is InChI=1S/C15H22N2/c16-14-6-2-5-13(9-14)11-17(15-7-8-15)10-12-3-1-4-12/h2,5-6,9,12,15H,1,3-4,7-8,10-11,16H2. The zero-order valence-corrected chi connectivity index (χ0v) is 10.4. The van der Waals surface area contributed by atoms with Gasteiger partial charge >= 0.3 is 0 Å². The molecule has 0 atom stereocenters. The van der Waals surface area contributed by atoms with Gasteiger partial charge in [0.2, 0.25) is 0 Å². The molecule has 2 saturated carbocycles. The van der Waals surface area contributed by atoms with Crippen molar-refractivity contribution in [2.75, 3.05) is 12.3 Å². The fourth-order valence-electron chi connectivity index (χ4n) is 2.72. The highest BCUT2D eigenvalue weighted by Crippen LogP contribution is 2.33. The summed E-state index contributed by atoms with van der Waals surface area (Å²) in [5, 5.41) is 0. The lowest BCUT2D eigenvalue weighted by Crippen LogP contribution is -2.33. The van der Waals surface area contributed by atoms with E-state index >= 15 is 0 Å². The quantitative estimate of drug-likeness (QED) is 0.788. The van der Waals surface area contributed by atoms with Crippen molar-refractivity contribution in [3.8, 4) is 0 Å². The van der Waals surface area contributed by atoms with Crippen molar-refractivity contribution >= 4 is 5.69 Å². The van der Waals surface area contributed by atoms with Crippen molar-refractivity contribution in [1.82, 2.24) is 4.90 Å². The molecule has 2 aliphatic rings. The first-order valence-corrected chi connectivity index (χ1v) is 6.90. The number of benzene rings is 1. The van der Waals surface area contributed by atoms with Gasteiger partial charge in [0.05, 0.1) is 0 Å². The van der Waals surface area contributed by atoms with E-state index in [4.69, 9.17) is 5.73 Å². The fraction of sp³-hybridized carbons (Fsp3) is 0.600. The Morgan fingerprint density at radius 1 is 1.18 bits per heavy atom. The predicted molar refractivity (Wildman–Crippen MR) is 71.6 cm³/mol. The van der Waals surface area contributed by atoms with Crippen molar-refractivity contribution in [3.63, 3.8) is 0 Å². The Hall–Kier alpha value is -1.02. The summed E-state index contributed by atoms with van der Waals surface area (Å²) in [7, 11) is 0. The van der Waals surface area contributed by atoms with E-state index in [2.05, 4.69) is 23.1 Å². The summed E-state index contributed by atoms with van der Waals surface area (Å²) in [6.45, 7) is 2.39. The molecule has 0 aromatic heterocycles. The molecule has 0 amide bonds. The topological polar surface area (TPSA) is 29.3 Å². The number of nitrogens with zero attached hydrogens (tertiary/aromatic N) is 1. The maximum atomic E-state index is 5.85.